The van der Waals surface area contributed by atoms with E-state index in [1.807, 2.05) is 6.92 Å². The predicted molar refractivity (Wildman–Crippen MR) is 104 cm³/mol. The lowest BCUT2D eigenvalue weighted by Gasteiger charge is -2.13. The Morgan fingerprint density at radius 1 is 1.11 bits per heavy atom. The van der Waals surface area contributed by atoms with E-state index >= 15 is 0 Å². The molecule has 0 saturated heterocycles. The first-order valence-electron chi connectivity index (χ1n) is 8.85. The van der Waals surface area contributed by atoms with Crippen LogP contribution in [-0.2, 0) is 6.42 Å². The molecule has 3 rings (SSSR count). The summed E-state index contributed by atoms with van der Waals surface area (Å²) in [6.07, 6.45) is 1.21. The number of hydrogen-bond donors (Lipinski definition) is 4. The Kier molecular flexibility index (Phi) is 5.46. The van der Waals surface area contributed by atoms with Crippen LogP contribution in [0.15, 0.2) is 39.5 Å². The maximum Gasteiger partial charge on any atom is 0.239 e. The van der Waals surface area contributed by atoms with Gasteiger partial charge in [0, 0.05) is 24.3 Å². The second kappa shape index (κ2) is 7.82. The summed E-state index contributed by atoms with van der Waals surface area (Å²) in [7, 11) is 1.32. The molecule has 0 aliphatic rings. The molecule has 1 atom stereocenters. The fraction of sp³-hybridized carbons (Fsp3) is 0.286. The van der Waals surface area contributed by atoms with Crippen LogP contribution in [0.3, 0.4) is 0 Å². The summed E-state index contributed by atoms with van der Waals surface area (Å²) in [6, 6.07) is 7.07. The van der Waals surface area contributed by atoms with Gasteiger partial charge in [-0.3, -0.25) is 4.79 Å². The van der Waals surface area contributed by atoms with Crippen LogP contribution in [0.4, 0.5) is 0 Å². The van der Waals surface area contributed by atoms with E-state index in [2.05, 4.69) is 0 Å². The maximum atomic E-state index is 12.8. The van der Waals surface area contributed by atoms with Crippen molar-refractivity contribution >= 4 is 11.0 Å². The molecule has 0 amide bonds. The first-order valence-corrected chi connectivity index (χ1v) is 8.85. The molecule has 0 aliphatic carbocycles. The number of aromatic hydroxyl groups is 3. The third kappa shape index (κ3) is 3.61. The van der Waals surface area contributed by atoms with Crippen LogP contribution in [0, 0.1) is 5.92 Å². The molecule has 0 fully saturated rings. The van der Waals surface area contributed by atoms with Crippen LogP contribution < -0.4 is 10.2 Å². The maximum absolute atomic E-state index is 12.8. The van der Waals surface area contributed by atoms with Crippen LogP contribution in [0.1, 0.15) is 18.9 Å². The number of hydrogen-bond acceptors (Lipinski definition) is 7. The quantitative estimate of drug-likeness (QED) is 0.513. The van der Waals surface area contributed by atoms with E-state index in [1.54, 1.807) is 12.1 Å². The zero-order valence-electron chi connectivity index (χ0n) is 15.6. The van der Waals surface area contributed by atoms with E-state index in [4.69, 9.17) is 9.15 Å². The number of fused-ring (bicyclic) bond motifs is 1. The predicted octanol–water partition coefficient (Wildman–Crippen LogP) is 3.15. The van der Waals surface area contributed by atoms with Gasteiger partial charge >= 0.3 is 0 Å². The number of phenolic OH excluding ortho intramolecular Hbond substituents is 3. The molecule has 1 heterocycles. The summed E-state index contributed by atoms with van der Waals surface area (Å²) < 4.78 is 11.0. The summed E-state index contributed by atoms with van der Waals surface area (Å²) >= 11 is 0. The highest BCUT2D eigenvalue weighted by molar-refractivity contribution is 5.88. The lowest BCUT2D eigenvalue weighted by molar-refractivity contribution is 0.230. The lowest BCUT2D eigenvalue weighted by Crippen LogP contribution is -2.08. The normalized spacial score (nSPS) is 12.2. The van der Waals surface area contributed by atoms with Gasteiger partial charge in [0.15, 0.2) is 5.76 Å². The Labute approximate surface area is 161 Å². The summed E-state index contributed by atoms with van der Waals surface area (Å²) in [6.45, 7) is 1.96. The molecular weight excluding hydrogens is 364 g/mol. The fourth-order valence-corrected chi connectivity index (χ4v) is 3.06. The van der Waals surface area contributed by atoms with Gasteiger partial charge in [-0.1, -0.05) is 6.92 Å². The van der Waals surface area contributed by atoms with Crippen molar-refractivity contribution in [1.29, 1.82) is 0 Å². The Morgan fingerprint density at radius 3 is 2.54 bits per heavy atom. The third-order valence-corrected chi connectivity index (χ3v) is 4.68. The van der Waals surface area contributed by atoms with Crippen molar-refractivity contribution in [3.8, 4) is 34.3 Å². The average molecular weight is 386 g/mol. The molecule has 0 bridgehead atoms. The molecule has 28 heavy (non-hydrogen) atoms. The lowest BCUT2D eigenvalue weighted by atomic mass is 9.98. The van der Waals surface area contributed by atoms with Crippen molar-refractivity contribution in [2.24, 2.45) is 5.92 Å². The van der Waals surface area contributed by atoms with Crippen LogP contribution in [0.2, 0.25) is 0 Å². The van der Waals surface area contributed by atoms with E-state index in [0.717, 1.165) is 6.07 Å². The molecule has 4 N–H and O–H groups in total. The number of rotatable bonds is 6. The molecule has 0 saturated carbocycles. The van der Waals surface area contributed by atoms with Crippen molar-refractivity contribution in [3.63, 3.8) is 0 Å². The molecule has 7 nitrogen and oxygen atoms in total. The number of aryl methyl sites for hydroxylation is 1. The van der Waals surface area contributed by atoms with Gasteiger partial charge in [0.1, 0.15) is 28.2 Å². The van der Waals surface area contributed by atoms with Gasteiger partial charge in [-0.15, -0.1) is 0 Å². The first-order chi connectivity index (χ1) is 13.3. The van der Waals surface area contributed by atoms with E-state index in [1.165, 1.54) is 19.2 Å². The van der Waals surface area contributed by atoms with Crippen molar-refractivity contribution in [2.45, 2.75) is 19.8 Å². The van der Waals surface area contributed by atoms with Crippen LogP contribution >= 0.6 is 0 Å². The van der Waals surface area contributed by atoms with Gasteiger partial charge < -0.3 is 29.6 Å². The van der Waals surface area contributed by atoms with Gasteiger partial charge in [0.2, 0.25) is 11.2 Å². The minimum atomic E-state index is -0.570. The van der Waals surface area contributed by atoms with E-state index in [9.17, 15) is 25.2 Å². The Morgan fingerprint density at radius 2 is 1.86 bits per heavy atom. The topological polar surface area (TPSA) is 120 Å². The molecule has 3 aromatic rings. The van der Waals surface area contributed by atoms with Gasteiger partial charge in [0.05, 0.1) is 7.11 Å². The number of ether oxygens (including phenoxy) is 1. The summed E-state index contributed by atoms with van der Waals surface area (Å²) in [4.78, 5) is 12.8. The van der Waals surface area contributed by atoms with Crippen LogP contribution in [0.25, 0.3) is 22.3 Å². The highest BCUT2D eigenvalue weighted by atomic mass is 16.5. The molecule has 7 heteroatoms. The third-order valence-electron chi connectivity index (χ3n) is 4.68. The molecule has 148 valence electrons. The summed E-state index contributed by atoms with van der Waals surface area (Å²) in [5.74, 6) is -0.421. The number of phenols is 3. The Hall–Kier alpha value is -3.19. The van der Waals surface area contributed by atoms with E-state index in [-0.39, 0.29) is 46.5 Å². The largest absolute Gasteiger partial charge is 0.508 e. The fourth-order valence-electron chi connectivity index (χ4n) is 3.06. The molecule has 0 radical (unpaired) electrons. The van der Waals surface area contributed by atoms with E-state index < -0.39 is 11.2 Å². The molecule has 2 aromatic carbocycles. The van der Waals surface area contributed by atoms with E-state index in [0.29, 0.717) is 24.0 Å². The molecule has 0 unspecified atom stereocenters. The molecular formula is C21H22O7. The first kappa shape index (κ1) is 19.6. The highest BCUT2D eigenvalue weighted by Gasteiger charge is 2.20. The Bertz CT molecular complexity index is 1070. The van der Waals surface area contributed by atoms with Gasteiger partial charge in [-0.2, -0.15) is 0 Å². The highest BCUT2D eigenvalue weighted by Crippen LogP contribution is 2.37. The number of benzene rings is 2. The standard InChI is InChI=1S/C21H22O7/c1-11(10-22)3-4-12-7-13(5-6-15(12)24)20-21(27-2)19(26)18-16(25)8-14(23)9-17(18)28-20/h5-9,11,22-25H,3-4,10H2,1-2H3/t11-/m1/s1. The van der Waals surface area contributed by atoms with Crippen molar-refractivity contribution in [3.05, 3.63) is 46.1 Å². The second-order valence-corrected chi connectivity index (χ2v) is 6.80. The van der Waals surface area contributed by atoms with Gasteiger partial charge in [0.25, 0.3) is 0 Å². The van der Waals surface area contributed by atoms with Gasteiger partial charge in [-0.05, 0) is 42.5 Å². The second-order valence-electron chi connectivity index (χ2n) is 6.80. The SMILES string of the molecule is COc1c(-c2ccc(O)c(CC[C@@H](C)CO)c2)oc2cc(O)cc(O)c2c1=O. The smallest absolute Gasteiger partial charge is 0.239 e. The molecule has 1 aromatic heterocycles. The minimum Gasteiger partial charge on any atom is -0.508 e. The van der Waals surface area contributed by atoms with Crippen LogP contribution in [-0.4, -0.2) is 34.1 Å². The minimum absolute atomic E-state index is 0.0156. The van der Waals surface area contributed by atoms with Gasteiger partial charge in [-0.25, -0.2) is 0 Å². The summed E-state index contributed by atoms with van der Waals surface area (Å²) in [5.41, 5.74) is 0.589. The average Bonchev–Trinajstić information content (AvgIpc) is 2.66. The molecule has 0 spiro atoms. The number of aliphatic hydroxyl groups is 1. The molecule has 0 aliphatic heterocycles. The zero-order chi connectivity index (χ0) is 20.4. The number of aliphatic hydroxyl groups excluding tert-OH is 1. The van der Waals surface area contributed by atoms with Crippen molar-refractivity contribution in [1.82, 2.24) is 0 Å². The van der Waals surface area contributed by atoms with Crippen molar-refractivity contribution < 1.29 is 29.6 Å². The monoisotopic (exact) mass is 386 g/mol. The zero-order valence-corrected chi connectivity index (χ0v) is 15.6. The Balaban J connectivity index is 2.16. The van der Waals surface area contributed by atoms with Crippen molar-refractivity contribution in [2.75, 3.05) is 13.7 Å². The number of methoxy groups -OCH3 is 1. The van der Waals surface area contributed by atoms with Crippen LogP contribution in [0.5, 0.6) is 23.0 Å². The summed E-state index contributed by atoms with van der Waals surface area (Å²) in [5, 5.41) is 39.0.